The van der Waals surface area contributed by atoms with Crippen LogP contribution in [0.3, 0.4) is 0 Å². The van der Waals surface area contributed by atoms with Crippen molar-refractivity contribution in [3.8, 4) is 0 Å². The largest absolute Gasteiger partial charge is 0.466 e. The predicted octanol–water partition coefficient (Wildman–Crippen LogP) is 1.84. The molecule has 0 aromatic heterocycles. The summed E-state index contributed by atoms with van der Waals surface area (Å²) >= 11 is 2.02. The van der Waals surface area contributed by atoms with E-state index >= 15 is 0 Å². The van der Waals surface area contributed by atoms with Gasteiger partial charge in [0.2, 0.25) is 0 Å². The van der Waals surface area contributed by atoms with Gasteiger partial charge < -0.3 is 9.64 Å². The first kappa shape index (κ1) is 16.1. The van der Waals surface area contributed by atoms with Crippen molar-refractivity contribution in [1.82, 2.24) is 9.80 Å². The SMILES string of the molecule is CCOC(=O)CC1(N2CCN(C)CC2)CCCSC1C. The van der Waals surface area contributed by atoms with Crippen molar-refractivity contribution in [3.05, 3.63) is 0 Å². The Morgan fingerprint density at radius 1 is 1.35 bits per heavy atom. The Hall–Kier alpha value is -0.260. The summed E-state index contributed by atoms with van der Waals surface area (Å²) < 4.78 is 5.24. The molecular weight excluding hydrogens is 272 g/mol. The fourth-order valence-electron chi connectivity index (χ4n) is 3.47. The van der Waals surface area contributed by atoms with Gasteiger partial charge in [-0.2, -0.15) is 11.8 Å². The van der Waals surface area contributed by atoms with E-state index in [1.54, 1.807) is 0 Å². The van der Waals surface area contributed by atoms with Crippen molar-refractivity contribution in [3.63, 3.8) is 0 Å². The Bertz CT molecular complexity index is 332. The number of thioether (sulfide) groups is 1. The number of rotatable bonds is 4. The molecule has 0 spiro atoms. The third-order valence-corrected chi connectivity index (χ3v) is 6.23. The molecule has 2 fully saturated rings. The van der Waals surface area contributed by atoms with Crippen LogP contribution in [0.4, 0.5) is 0 Å². The van der Waals surface area contributed by atoms with Crippen molar-refractivity contribution in [2.24, 2.45) is 0 Å². The Labute approximate surface area is 127 Å². The maximum Gasteiger partial charge on any atom is 0.307 e. The fourth-order valence-corrected chi connectivity index (χ4v) is 4.79. The average molecular weight is 300 g/mol. The second kappa shape index (κ2) is 7.14. The smallest absolute Gasteiger partial charge is 0.307 e. The van der Waals surface area contributed by atoms with E-state index in [1.807, 2.05) is 18.7 Å². The molecule has 0 amide bonds. The van der Waals surface area contributed by atoms with Gasteiger partial charge >= 0.3 is 5.97 Å². The van der Waals surface area contributed by atoms with Crippen LogP contribution in [0.1, 0.15) is 33.1 Å². The molecule has 2 aliphatic heterocycles. The molecule has 0 N–H and O–H groups in total. The first-order chi connectivity index (χ1) is 9.58. The van der Waals surface area contributed by atoms with Crippen molar-refractivity contribution < 1.29 is 9.53 Å². The highest BCUT2D eigenvalue weighted by molar-refractivity contribution is 8.00. The van der Waals surface area contributed by atoms with E-state index in [9.17, 15) is 4.79 Å². The molecular formula is C15H28N2O2S. The van der Waals surface area contributed by atoms with Gasteiger partial charge in [-0.05, 0) is 32.6 Å². The van der Waals surface area contributed by atoms with Gasteiger partial charge in [-0.15, -0.1) is 0 Å². The first-order valence-corrected chi connectivity index (χ1v) is 8.84. The second-order valence-electron chi connectivity index (χ2n) is 5.99. The van der Waals surface area contributed by atoms with Crippen LogP contribution in [0.5, 0.6) is 0 Å². The van der Waals surface area contributed by atoms with E-state index < -0.39 is 0 Å². The summed E-state index contributed by atoms with van der Waals surface area (Å²) in [6.07, 6.45) is 2.89. The first-order valence-electron chi connectivity index (χ1n) is 7.79. The minimum Gasteiger partial charge on any atom is -0.466 e. The number of likely N-dealkylation sites (N-methyl/N-ethyl adjacent to an activating group) is 1. The van der Waals surface area contributed by atoms with Crippen molar-refractivity contribution in [2.75, 3.05) is 45.6 Å². The number of hydrogen-bond donors (Lipinski definition) is 0. The summed E-state index contributed by atoms with van der Waals surface area (Å²) in [5.74, 6) is 1.19. The summed E-state index contributed by atoms with van der Waals surface area (Å²) in [7, 11) is 2.18. The van der Waals surface area contributed by atoms with Crippen LogP contribution in [0.15, 0.2) is 0 Å². The maximum absolute atomic E-state index is 12.1. The van der Waals surface area contributed by atoms with Gasteiger partial charge in [0, 0.05) is 37.0 Å². The molecule has 4 nitrogen and oxygen atoms in total. The minimum atomic E-state index is -0.0271. The number of carbonyl (C=O) groups is 1. The summed E-state index contributed by atoms with van der Waals surface area (Å²) in [5.41, 5.74) is 0.0103. The van der Waals surface area contributed by atoms with E-state index in [1.165, 1.54) is 12.2 Å². The highest BCUT2D eigenvalue weighted by Gasteiger charge is 2.46. The average Bonchev–Trinajstić information content (AvgIpc) is 2.42. The zero-order valence-electron chi connectivity index (χ0n) is 13.1. The minimum absolute atomic E-state index is 0.0103. The van der Waals surface area contributed by atoms with Crippen LogP contribution >= 0.6 is 11.8 Å². The van der Waals surface area contributed by atoms with E-state index in [0.29, 0.717) is 18.3 Å². The van der Waals surface area contributed by atoms with Gasteiger partial charge in [0.05, 0.1) is 13.0 Å². The molecule has 0 aliphatic carbocycles. The highest BCUT2D eigenvalue weighted by Crippen LogP contribution is 2.41. The molecule has 0 bridgehead atoms. The molecule has 2 heterocycles. The van der Waals surface area contributed by atoms with E-state index in [2.05, 4.69) is 23.8 Å². The van der Waals surface area contributed by atoms with E-state index in [-0.39, 0.29) is 11.5 Å². The lowest BCUT2D eigenvalue weighted by Crippen LogP contribution is -2.62. The second-order valence-corrected chi connectivity index (χ2v) is 7.44. The van der Waals surface area contributed by atoms with Crippen LogP contribution in [-0.2, 0) is 9.53 Å². The van der Waals surface area contributed by atoms with Crippen LogP contribution in [0.25, 0.3) is 0 Å². The van der Waals surface area contributed by atoms with Crippen LogP contribution in [0, 0.1) is 0 Å². The van der Waals surface area contributed by atoms with E-state index in [0.717, 1.165) is 32.6 Å². The molecule has 0 radical (unpaired) electrons. The van der Waals surface area contributed by atoms with Crippen molar-refractivity contribution >= 4 is 17.7 Å². The van der Waals surface area contributed by atoms with Crippen LogP contribution < -0.4 is 0 Å². The van der Waals surface area contributed by atoms with Gasteiger partial charge in [-0.1, -0.05) is 6.92 Å². The third-order valence-electron chi connectivity index (χ3n) is 4.77. The lowest BCUT2D eigenvalue weighted by Gasteiger charge is -2.52. The number of piperazine rings is 1. The lowest BCUT2D eigenvalue weighted by atomic mass is 9.83. The summed E-state index contributed by atoms with van der Waals surface area (Å²) in [6, 6.07) is 0. The highest BCUT2D eigenvalue weighted by atomic mass is 32.2. The molecule has 5 heteroatoms. The number of carbonyl (C=O) groups excluding carboxylic acids is 1. The van der Waals surface area contributed by atoms with Gasteiger partial charge in [0.1, 0.15) is 0 Å². The standard InChI is InChI=1S/C15H28N2O2S/c1-4-19-14(18)12-15(6-5-11-20-13(15)2)17-9-7-16(3)8-10-17/h13H,4-12H2,1-3H3. The molecule has 0 aromatic carbocycles. The third kappa shape index (κ3) is 3.49. The molecule has 2 saturated heterocycles. The zero-order chi connectivity index (χ0) is 14.6. The van der Waals surface area contributed by atoms with Gasteiger partial charge in [0.15, 0.2) is 0 Å². The van der Waals surface area contributed by atoms with Gasteiger partial charge in [-0.3, -0.25) is 9.69 Å². The topological polar surface area (TPSA) is 32.8 Å². The fraction of sp³-hybridized carbons (Fsp3) is 0.933. The van der Waals surface area contributed by atoms with E-state index in [4.69, 9.17) is 4.74 Å². The maximum atomic E-state index is 12.1. The molecule has 2 rings (SSSR count). The van der Waals surface area contributed by atoms with Crippen LogP contribution in [-0.4, -0.2) is 72.1 Å². The van der Waals surface area contributed by atoms with Crippen molar-refractivity contribution in [2.45, 2.75) is 43.9 Å². The number of hydrogen-bond acceptors (Lipinski definition) is 5. The Morgan fingerprint density at radius 3 is 2.65 bits per heavy atom. The predicted molar refractivity (Wildman–Crippen MR) is 84.2 cm³/mol. The number of esters is 1. The quantitative estimate of drug-likeness (QED) is 0.740. The monoisotopic (exact) mass is 300 g/mol. The molecule has 20 heavy (non-hydrogen) atoms. The molecule has 2 unspecified atom stereocenters. The van der Waals surface area contributed by atoms with Crippen molar-refractivity contribution in [1.29, 1.82) is 0 Å². The molecule has 0 aromatic rings. The molecule has 116 valence electrons. The van der Waals surface area contributed by atoms with Gasteiger partial charge in [0.25, 0.3) is 0 Å². The molecule has 0 saturated carbocycles. The summed E-state index contributed by atoms with van der Waals surface area (Å²) in [4.78, 5) is 17.0. The normalized spacial score (nSPS) is 33.0. The zero-order valence-corrected chi connectivity index (χ0v) is 13.9. The Morgan fingerprint density at radius 2 is 2.05 bits per heavy atom. The Balaban J connectivity index is 2.12. The molecule has 2 aliphatic rings. The summed E-state index contributed by atoms with van der Waals surface area (Å²) in [5, 5.41) is 0.504. The van der Waals surface area contributed by atoms with Crippen LogP contribution in [0.2, 0.25) is 0 Å². The summed E-state index contributed by atoms with van der Waals surface area (Å²) in [6.45, 7) is 9.01. The Kier molecular flexibility index (Phi) is 5.75. The molecule has 2 atom stereocenters. The number of nitrogens with zero attached hydrogens (tertiary/aromatic N) is 2. The van der Waals surface area contributed by atoms with Gasteiger partial charge in [-0.25, -0.2) is 0 Å². The number of ether oxygens (including phenoxy) is 1. The lowest BCUT2D eigenvalue weighted by molar-refractivity contribution is -0.147.